The minimum absolute atomic E-state index is 0.0598. The number of guanidine groups is 1. The molecule has 1 unspecified atom stereocenters. The Hall–Kier alpha value is -2.15. The quantitative estimate of drug-likeness (QED) is 0.429. The largest absolute Gasteiger partial charge is 0.379 e. The first-order chi connectivity index (χ1) is 12.5. The average Bonchev–Trinajstić information content (AvgIpc) is 3.01. The maximum absolute atomic E-state index is 5.58. The molecule has 7 nitrogen and oxygen atoms in total. The molecule has 1 atom stereocenters. The van der Waals surface area contributed by atoms with Gasteiger partial charge >= 0.3 is 0 Å². The van der Waals surface area contributed by atoms with Crippen LogP contribution in [0.5, 0.6) is 0 Å². The standard InChI is InChI=1S/C19H32N6O/c1-6-20-18(22-14-15(26-5)19(2,3)4)21-12-9-11-17-24-23-16-10-7-8-13-25(16)17/h7-8,10,13,15H,6,9,11-12,14H2,1-5H3,(H2,20,21,22). The minimum Gasteiger partial charge on any atom is -0.379 e. The van der Waals surface area contributed by atoms with Crippen molar-refractivity contribution in [3.63, 3.8) is 0 Å². The summed E-state index contributed by atoms with van der Waals surface area (Å²) in [5, 5.41) is 15.1. The van der Waals surface area contributed by atoms with E-state index in [-0.39, 0.29) is 11.5 Å². The van der Waals surface area contributed by atoms with E-state index in [0.717, 1.165) is 43.4 Å². The van der Waals surface area contributed by atoms with Crippen molar-refractivity contribution < 1.29 is 4.74 Å². The molecule has 0 spiro atoms. The third-order valence-electron chi connectivity index (χ3n) is 4.26. The molecule has 0 fully saturated rings. The average molecular weight is 361 g/mol. The number of nitrogens with one attached hydrogen (secondary N) is 2. The first-order valence-electron chi connectivity index (χ1n) is 9.29. The minimum atomic E-state index is 0.0598. The van der Waals surface area contributed by atoms with Gasteiger partial charge in [-0.25, -0.2) is 0 Å². The first kappa shape index (κ1) is 20.2. The molecule has 0 bridgehead atoms. The third kappa shape index (κ3) is 5.69. The molecule has 2 N–H and O–H groups in total. The second-order valence-electron chi connectivity index (χ2n) is 7.39. The summed E-state index contributed by atoms with van der Waals surface area (Å²) in [5.41, 5.74) is 0.947. The number of aliphatic imine (C=N–C) groups is 1. The van der Waals surface area contributed by atoms with E-state index in [2.05, 4.69) is 53.5 Å². The van der Waals surface area contributed by atoms with Crippen LogP contribution in [0.3, 0.4) is 0 Å². The van der Waals surface area contributed by atoms with E-state index in [1.54, 1.807) is 7.11 Å². The van der Waals surface area contributed by atoms with Crippen LogP contribution in [0.15, 0.2) is 29.4 Å². The lowest BCUT2D eigenvalue weighted by Gasteiger charge is -2.28. The molecule has 26 heavy (non-hydrogen) atoms. The molecule has 0 aromatic carbocycles. The number of aryl methyl sites for hydroxylation is 1. The summed E-state index contributed by atoms with van der Waals surface area (Å²) in [4.78, 5) is 4.67. The fourth-order valence-corrected chi connectivity index (χ4v) is 2.73. The maximum Gasteiger partial charge on any atom is 0.191 e. The Labute approximate surface area is 156 Å². The first-order valence-corrected chi connectivity index (χ1v) is 9.29. The highest BCUT2D eigenvalue weighted by atomic mass is 16.5. The molecule has 0 saturated carbocycles. The smallest absolute Gasteiger partial charge is 0.191 e. The molecule has 0 aliphatic carbocycles. The van der Waals surface area contributed by atoms with E-state index >= 15 is 0 Å². The fraction of sp³-hybridized carbons (Fsp3) is 0.632. The molecule has 0 radical (unpaired) electrons. The van der Waals surface area contributed by atoms with Gasteiger partial charge in [0.15, 0.2) is 11.6 Å². The molecule has 144 valence electrons. The van der Waals surface area contributed by atoms with Crippen LogP contribution in [-0.4, -0.2) is 53.4 Å². The van der Waals surface area contributed by atoms with Crippen LogP contribution in [0.1, 0.15) is 39.9 Å². The Morgan fingerprint density at radius 2 is 2.08 bits per heavy atom. The van der Waals surface area contributed by atoms with Crippen molar-refractivity contribution in [3.05, 3.63) is 30.2 Å². The van der Waals surface area contributed by atoms with Gasteiger partial charge < -0.3 is 15.4 Å². The molecular weight excluding hydrogens is 328 g/mol. The van der Waals surface area contributed by atoms with Gasteiger partial charge in [0, 0.05) is 32.8 Å². The Balaban J connectivity index is 1.85. The third-order valence-corrected chi connectivity index (χ3v) is 4.26. The Bertz CT molecular complexity index is 703. The zero-order valence-electron chi connectivity index (χ0n) is 16.6. The zero-order chi connectivity index (χ0) is 19.0. The van der Waals surface area contributed by atoms with Gasteiger partial charge in [0.2, 0.25) is 0 Å². The van der Waals surface area contributed by atoms with E-state index in [1.165, 1.54) is 0 Å². The summed E-state index contributed by atoms with van der Waals surface area (Å²) < 4.78 is 7.61. The number of pyridine rings is 1. The van der Waals surface area contributed by atoms with Gasteiger partial charge in [-0.2, -0.15) is 0 Å². The molecular formula is C19H32N6O. The number of ether oxygens (including phenoxy) is 1. The van der Waals surface area contributed by atoms with Gasteiger partial charge in [-0.3, -0.25) is 9.39 Å². The van der Waals surface area contributed by atoms with E-state index < -0.39 is 0 Å². The molecule has 2 aromatic rings. The van der Waals surface area contributed by atoms with Gasteiger partial charge in [-0.1, -0.05) is 26.8 Å². The maximum atomic E-state index is 5.58. The van der Waals surface area contributed by atoms with Gasteiger partial charge in [0.1, 0.15) is 5.82 Å². The Morgan fingerprint density at radius 3 is 2.77 bits per heavy atom. The molecule has 0 aliphatic heterocycles. The predicted molar refractivity (Wildman–Crippen MR) is 106 cm³/mol. The number of aromatic nitrogens is 3. The Morgan fingerprint density at radius 1 is 1.27 bits per heavy atom. The van der Waals surface area contributed by atoms with Gasteiger partial charge in [0.05, 0.1) is 12.6 Å². The van der Waals surface area contributed by atoms with Crippen LogP contribution in [0.25, 0.3) is 5.65 Å². The number of rotatable bonds is 8. The van der Waals surface area contributed by atoms with E-state index in [4.69, 9.17) is 4.74 Å². The van der Waals surface area contributed by atoms with Crippen molar-refractivity contribution in [2.75, 3.05) is 26.7 Å². The highest BCUT2D eigenvalue weighted by Crippen LogP contribution is 2.21. The van der Waals surface area contributed by atoms with Crippen molar-refractivity contribution in [3.8, 4) is 0 Å². The lowest BCUT2D eigenvalue weighted by molar-refractivity contribution is 0.0241. The van der Waals surface area contributed by atoms with Crippen LogP contribution >= 0.6 is 0 Å². The van der Waals surface area contributed by atoms with E-state index in [1.807, 2.05) is 28.8 Å². The van der Waals surface area contributed by atoms with Crippen molar-refractivity contribution in [2.24, 2.45) is 10.4 Å². The normalized spacial score (nSPS) is 13.8. The molecule has 0 aliphatic rings. The van der Waals surface area contributed by atoms with Gasteiger partial charge in [0.25, 0.3) is 0 Å². The molecule has 2 heterocycles. The second kappa shape index (κ2) is 9.52. The van der Waals surface area contributed by atoms with Crippen molar-refractivity contribution in [1.82, 2.24) is 25.2 Å². The van der Waals surface area contributed by atoms with Crippen molar-refractivity contribution >= 4 is 11.6 Å². The van der Waals surface area contributed by atoms with Crippen LogP contribution in [0, 0.1) is 5.41 Å². The zero-order valence-corrected chi connectivity index (χ0v) is 16.6. The van der Waals surface area contributed by atoms with Gasteiger partial charge in [-0.15, -0.1) is 10.2 Å². The number of methoxy groups -OCH3 is 1. The summed E-state index contributed by atoms with van der Waals surface area (Å²) in [5.74, 6) is 1.81. The van der Waals surface area contributed by atoms with Crippen LogP contribution in [0.2, 0.25) is 0 Å². The van der Waals surface area contributed by atoms with Crippen LogP contribution in [0.4, 0.5) is 0 Å². The number of hydrogen-bond acceptors (Lipinski definition) is 4. The SMILES string of the molecule is CCNC(=NCC(OC)C(C)(C)C)NCCCc1nnc2ccccn12. The molecule has 0 amide bonds. The molecule has 2 aromatic heterocycles. The molecule has 0 saturated heterocycles. The number of fused-ring (bicyclic) bond motifs is 1. The van der Waals surface area contributed by atoms with E-state index in [0.29, 0.717) is 6.54 Å². The number of nitrogens with zero attached hydrogens (tertiary/aromatic N) is 4. The van der Waals surface area contributed by atoms with E-state index in [9.17, 15) is 0 Å². The predicted octanol–water partition coefficient (Wildman–Crippen LogP) is 2.28. The summed E-state index contributed by atoms with van der Waals surface area (Å²) in [6.45, 7) is 10.8. The summed E-state index contributed by atoms with van der Waals surface area (Å²) in [6, 6.07) is 5.93. The lowest BCUT2D eigenvalue weighted by atomic mass is 9.89. The molecule has 7 heteroatoms. The molecule has 2 rings (SSSR count). The lowest BCUT2D eigenvalue weighted by Crippen LogP contribution is -2.39. The highest BCUT2D eigenvalue weighted by Gasteiger charge is 2.24. The summed E-state index contributed by atoms with van der Waals surface area (Å²) >= 11 is 0. The Kier molecular flexibility index (Phi) is 7.38. The van der Waals surface area contributed by atoms with Crippen LogP contribution in [-0.2, 0) is 11.2 Å². The van der Waals surface area contributed by atoms with Gasteiger partial charge in [-0.05, 0) is 30.9 Å². The second-order valence-corrected chi connectivity index (χ2v) is 7.39. The number of hydrogen-bond donors (Lipinski definition) is 2. The fourth-order valence-electron chi connectivity index (χ4n) is 2.73. The summed E-state index contributed by atoms with van der Waals surface area (Å²) in [6.07, 6.45) is 3.90. The highest BCUT2D eigenvalue weighted by molar-refractivity contribution is 5.79. The van der Waals surface area contributed by atoms with Crippen molar-refractivity contribution in [1.29, 1.82) is 0 Å². The topological polar surface area (TPSA) is 75.8 Å². The van der Waals surface area contributed by atoms with Crippen LogP contribution < -0.4 is 10.6 Å². The summed E-state index contributed by atoms with van der Waals surface area (Å²) in [7, 11) is 1.74. The van der Waals surface area contributed by atoms with Crippen molar-refractivity contribution in [2.45, 2.75) is 46.6 Å². The monoisotopic (exact) mass is 360 g/mol.